The monoisotopic (exact) mass is 630 g/mol. The van der Waals surface area contributed by atoms with Crippen molar-refractivity contribution in [1.82, 2.24) is 4.90 Å². The van der Waals surface area contributed by atoms with Gasteiger partial charge in [-0.1, -0.05) is 41.4 Å². The fourth-order valence-electron chi connectivity index (χ4n) is 5.91. The van der Waals surface area contributed by atoms with E-state index in [2.05, 4.69) is 4.90 Å². The van der Waals surface area contributed by atoms with E-state index in [4.69, 9.17) is 33.7 Å². The highest BCUT2D eigenvalue weighted by Gasteiger charge is 2.29. The van der Waals surface area contributed by atoms with E-state index in [0.717, 1.165) is 60.1 Å². The molecule has 2 N–H and O–H groups in total. The van der Waals surface area contributed by atoms with Crippen molar-refractivity contribution < 1.29 is 22.3 Å². The first kappa shape index (κ1) is 30.5. The van der Waals surface area contributed by atoms with Crippen LogP contribution in [0, 0.1) is 0 Å². The Labute approximate surface area is 256 Å². The number of rotatable bonds is 9. The highest BCUT2D eigenvalue weighted by molar-refractivity contribution is 7.90. The molecule has 5 rings (SSSR count). The second-order valence-electron chi connectivity index (χ2n) is 10.9. The number of sulfone groups is 1. The third-order valence-electron chi connectivity index (χ3n) is 7.83. The van der Waals surface area contributed by atoms with E-state index in [1.165, 1.54) is 6.07 Å². The number of nitrogens with two attached hydrogens (primary N) is 1. The fourth-order valence-corrected chi connectivity index (χ4v) is 7.38. The maximum Gasteiger partial charge on any atom is 0.248 e. The Morgan fingerprint density at radius 1 is 1.10 bits per heavy atom. The highest BCUT2D eigenvalue weighted by Crippen LogP contribution is 2.45. The second kappa shape index (κ2) is 12.8. The van der Waals surface area contributed by atoms with Gasteiger partial charge in [-0.05, 0) is 96.3 Å². The van der Waals surface area contributed by atoms with E-state index in [9.17, 15) is 17.6 Å². The summed E-state index contributed by atoms with van der Waals surface area (Å²) in [6.45, 7) is 2.02. The molecule has 1 heterocycles. The van der Waals surface area contributed by atoms with Gasteiger partial charge in [0.2, 0.25) is 5.91 Å². The van der Waals surface area contributed by atoms with Crippen LogP contribution in [0.4, 0.5) is 4.39 Å². The first-order chi connectivity index (χ1) is 20.0. The molecule has 2 aliphatic rings. The van der Waals surface area contributed by atoms with Crippen LogP contribution in [0.3, 0.4) is 0 Å². The molecule has 0 radical (unpaired) electrons. The number of likely N-dealkylation sites (tertiary alicyclic amines) is 1. The summed E-state index contributed by atoms with van der Waals surface area (Å²) in [5.41, 5.74) is 10.2. The van der Waals surface area contributed by atoms with Crippen molar-refractivity contribution in [3.8, 4) is 5.75 Å². The third-order valence-corrected chi connectivity index (χ3v) is 9.50. The van der Waals surface area contributed by atoms with Gasteiger partial charge in [-0.2, -0.15) is 0 Å². The van der Waals surface area contributed by atoms with Gasteiger partial charge < -0.3 is 10.5 Å². The van der Waals surface area contributed by atoms with Crippen molar-refractivity contribution in [2.24, 2.45) is 5.73 Å². The summed E-state index contributed by atoms with van der Waals surface area (Å²) >= 11 is 12.9. The molecular formula is C32H33Cl2FN2O4S. The summed E-state index contributed by atoms with van der Waals surface area (Å²) in [6, 6.07) is 16.0. The number of hydrogen-bond donors (Lipinski definition) is 1. The lowest BCUT2D eigenvalue weighted by molar-refractivity contribution is 0.1000. The number of carbonyl (C=O) groups is 1. The topological polar surface area (TPSA) is 89.7 Å². The molecule has 0 bridgehead atoms. The zero-order valence-electron chi connectivity index (χ0n) is 23.3. The largest absolute Gasteiger partial charge is 0.489 e. The number of benzene rings is 3. The van der Waals surface area contributed by atoms with Gasteiger partial charge in [0.25, 0.3) is 0 Å². The van der Waals surface area contributed by atoms with Gasteiger partial charge in [-0.3, -0.25) is 14.1 Å². The second-order valence-corrected chi connectivity index (χ2v) is 13.7. The van der Waals surface area contributed by atoms with Crippen LogP contribution in [0.25, 0.3) is 11.1 Å². The number of fused-ring (bicyclic) bond motifs is 1. The molecule has 42 heavy (non-hydrogen) atoms. The molecule has 222 valence electrons. The van der Waals surface area contributed by atoms with Gasteiger partial charge in [0.1, 0.15) is 11.9 Å². The molecule has 0 saturated carbocycles. The van der Waals surface area contributed by atoms with E-state index < -0.39 is 15.7 Å². The predicted octanol–water partition coefficient (Wildman–Crippen LogP) is 6.60. The first-order valence-corrected chi connectivity index (χ1v) is 16.6. The molecule has 1 fully saturated rings. The van der Waals surface area contributed by atoms with Gasteiger partial charge in [-0.15, -0.1) is 0 Å². The molecule has 1 saturated heterocycles. The van der Waals surface area contributed by atoms with E-state index in [-0.39, 0.29) is 23.2 Å². The molecule has 1 atom stereocenters. The molecule has 0 aromatic heterocycles. The van der Waals surface area contributed by atoms with Crippen LogP contribution in [-0.2, 0) is 16.3 Å². The van der Waals surface area contributed by atoms with Crippen LogP contribution < -0.4 is 10.5 Å². The van der Waals surface area contributed by atoms with Crippen molar-refractivity contribution in [2.45, 2.75) is 43.1 Å². The van der Waals surface area contributed by atoms with Crippen molar-refractivity contribution in [3.63, 3.8) is 0 Å². The number of nitrogens with zero attached hydrogens (tertiary/aromatic N) is 1. The van der Waals surface area contributed by atoms with Crippen LogP contribution in [0.2, 0.25) is 10.0 Å². The summed E-state index contributed by atoms with van der Waals surface area (Å²) in [5.74, 6) is 0.0131. The van der Waals surface area contributed by atoms with Gasteiger partial charge in [-0.25, -0.2) is 8.42 Å². The molecule has 6 nitrogen and oxygen atoms in total. The number of primary amides is 1. The lowest BCUT2D eigenvalue weighted by Crippen LogP contribution is -2.26. The lowest BCUT2D eigenvalue weighted by Gasteiger charge is -2.21. The van der Waals surface area contributed by atoms with E-state index in [1.54, 1.807) is 18.2 Å². The average molecular weight is 632 g/mol. The molecule has 1 aliphatic carbocycles. The first-order valence-electron chi connectivity index (χ1n) is 14.0. The van der Waals surface area contributed by atoms with Gasteiger partial charge in [0, 0.05) is 47.1 Å². The molecule has 1 aliphatic heterocycles. The van der Waals surface area contributed by atoms with Crippen molar-refractivity contribution >= 4 is 50.1 Å². The molecule has 3 aromatic carbocycles. The summed E-state index contributed by atoms with van der Waals surface area (Å²) in [7, 11) is -3.76. The zero-order valence-corrected chi connectivity index (χ0v) is 25.7. The molecule has 10 heteroatoms. The number of allylic oxidation sites excluding steroid dienone is 1. The Balaban J connectivity index is 1.63. The molecular weight excluding hydrogens is 598 g/mol. The summed E-state index contributed by atoms with van der Waals surface area (Å²) in [6.07, 6.45) is 4.42. The Morgan fingerprint density at radius 2 is 1.86 bits per heavy atom. The van der Waals surface area contributed by atoms with Gasteiger partial charge in [0.05, 0.1) is 11.6 Å². The van der Waals surface area contributed by atoms with E-state index in [0.29, 0.717) is 47.0 Å². The SMILES string of the molecule is CS(=O)(=O)c1cc(C(N)=O)cc2c1C(c1ccc(O[C@H]3CCN(CCCF)C3)cc1)=C(c1ccc(Cl)cc1Cl)CCC2. The highest BCUT2D eigenvalue weighted by atomic mass is 35.5. The average Bonchev–Trinajstić information content (AvgIpc) is 3.29. The summed E-state index contributed by atoms with van der Waals surface area (Å²) in [5, 5.41) is 0.964. The number of carbonyl (C=O) groups excluding carboxylic acids is 1. The van der Waals surface area contributed by atoms with Gasteiger partial charge >= 0.3 is 0 Å². The third kappa shape index (κ3) is 6.67. The fraction of sp³-hybridized carbons (Fsp3) is 0.344. The molecule has 0 spiro atoms. The minimum atomic E-state index is -3.76. The number of ether oxygens (including phenoxy) is 1. The minimum Gasteiger partial charge on any atom is -0.489 e. The van der Waals surface area contributed by atoms with Crippen molar-refractivity contribution in [1.29, 1.82) is 0 Å². The quantitative estimate of drug-likeness (QED) is 0.287. The van der Waals surface area contributed by atoms with Crippen molar-refractivity contribution in [3.05, 3.63) is 92.5 Å². The number of hydrogen-bond acceptors (Lipinski definition) is 5. The smallest absolute Gasteiger partial charge is 0.248 e. The standard InChI is InChI=1S/C32H33Cl2FN2O4S/c1-42(39,40)29-17-22(32(36)38)16-21-4-2-5-27(26-11-8-23(33)18-28(26)34)30(31(21)29)20-6-9-24(10-7-20)41-25-12-15-37(19-25)14-3-13-35/h6-11,16-18,25H,2-5,12-15,19H2,1H3,(H2,36,38)/t25-/m0/s1. The minimum absolute atomic E-state index is 0.0146. The number of alkyl halides is 1. The maximum atomic E-state index is 13.2. The number of amides is 1. The van der Waals surface area contributed by atoms with Crippen LogP contribution >= 0.6 is 23.2 Å². The summed E-state index contributed by atoms with van der Waals surface area (Å²) < 4.78 is 45.2. The van der Waals surface area contributed by atoms with E-state index >= 15 is 0 Å². The van der Waals surface area contributed by atoms with Crippen LogP contribution in [-0.4, -0.2) is 57.9 Å². The number of halogens is 3. The Kier molecular flexibility index (Phi) is 9.28. The number of aryl methyl sites for hydroxylation is 1. The molecule has 0 unspecified atom stereocenters. The Bertz CT molecular complexity index is 1640. The van der Waals surface area contributed by atoms with Crippen LogP contribution in [0.1, 0.15) is 58.3 Å². The zero-order chi connectivity index (χ0) is 30.0. The lowest BCUT2D eigenvalue weighted by atomic mass is 9.87. The van der Waals surface area contributed by atoms with Crippen LogP contribution in [0.15, 0.2) is 59.5 Å². The molecule has 3 aromatic rings. The normalized spacial score (nSPS) is 17.7. The Hall–Kier alpha value is -2.91. The maximum absolute atomic E-state index is 13.2. The van der Waals surface area contributed by atoms with Crippen LogP contribution in [0.5, 0.6) is 5.75 Å². The Morgan fingerprint density at radius 3 is 2.52 bits per heavy atom. The van der Waals surface area contributed by atoms with E-state index in [1.807, 2.05) is 30.3 Å². The van der Waals surface area contributed by atoms with Gasteiger partial charge in [0.15, 0.2) is 9.84 Å². The summed E-state index contributed by atoms with van der Waals surface area (Å²) in [4.78, 5) is 14.4. The van der Waals surface area contributed by atoms with Crippen molar-refractivity contribution in [2.75, 3.05) is 32.6 Å². The predicted molar refractivity (Wildman–Crippen MR) is 166 cm³/mol. The molecule has 1 amide bonds.